The van der Waals surface area contributed by atoms with E-state index >= 15 is 0 Å². The van der Waals surface area contributed by atoms with Crippen molar-refractivity contribution in [3.63, 3.8) is 0 Å². The number of aromatic nitrogens is 2. The van der Waals surface area contributed by atoms with Crippen LogP contribution >= 0.6 is 11.3 Å². The number of likely N-dealkylation sites (tertiary alicyclic amines) is 1. The van der Waals surface area contributed by atoms with E-state index < -0.39 is 12.1 Å². The molecule has 2 aliphatic heterocycles. The number of carboxylic acid groups (broad SMARTS) is 1. The number of halogens is 3. The minimum absolute atomic E-state index is 0.0252. The molecule has 1 saturated carbocycles. The molecule has 5 heterocycles. The number of amides is 2. The van der Waals surface area contributed by atoms with Crippen LogP contribution in [0, 0.1) is 24.2 Å². The molecule has 3 atom stereocenters. The lowest BCUT2D eigenvalue weighted by Crippen LogP contribution is -2.41. The largest absolute Gasteiger partial charge is 0.490 e. The summed E-state index contributed by atoms with van der Waals surface area (Å²) in [5.74, 6) is -3.63. The van der Waals surface area contributed by atoms with Gasteiger partial charge in [0, 0.05) is 35.4 Å². The van der Waals surface area contributed by atoms with Gasteiger partial charge in [-0.3, -0.25) is 19.5 Å². The van der Waals surface area contributed by atoms with Crippen LogP contribution in [0.5, 0.6) is 0 Å². The number of fused-ring (bicyclic) bond motifs is 2. The second kappa shape index (κ2) is 12.2. The molecule has 0 spiro atoms. The lowest BCUT2D eigenvalue weighted by molar-refractivity contribution is -0.192. The highest BCUT2D eigenvalue weighted by Gasteiger charge is 2.72. The van der Waals surface area contributed by atoms with Crippen molar-refractivity contribution in [2.45, 2.75) is 53.1 Å². The minimum atomic E-state index is -5.08. The Hall–Kier alpha value is -3.82. The highest BCUT2D eigenvalue weighted by Crippen LogP contribution is 2.63. The second-order valence-corrected chi connectivity index (χ2v) is 12.8. The first-order chi connectivity index (χ1) is 21.2. The number of morpholine rings is 1. The number of nitrogens with zero attached hydrogens (tertiary/aromatic N) is 3. The quantitative estimate of drug-likeness (QED) is 0.287. The normalized spacial score (nSPS) is 22.2. The van der Waals surface area contributed by atoms with Crippen LogP contribution in [-0.4, -0.2) is 81.9 Å². The van der Waals surface area contributed by atoms with Gasteiger partial charge in [-0.15, -0.1) is 11.3 Å². The Morgan fingerprint density at radius 2 is 1.89 bits per heavy atom. The van der Waals surface area contributed by atoms with E-state index in [9.17, 15) is 27.6 Å². The molecule has 0 radical (unpaired) electrons. The third-order valence-corrected chi connectivity index (χ3v) is 9.58. The summed E-state index contributed by atoms with van der Waals surface area (Å²) in [4.78, 5) is 54.4. The van der Waals surface area contributed by atoms with Crippen molar-refractivity contribution in [3.8, 4) is 11.3 Å². The fraction of sp³-hybridized carbons (Fsp3) is 0.500. The number of nitrogens with one attached hydrogen (secondary N) is 1. The van der Waals surface area contributed by atoms with Gasteiger partial charge in [0.1, 0.15) is 0 Å². The number of alkyl halides is 3. The zero-order valence-electron chi connectivity index (χ0n) is 25.1. The maximum Gasteiger partial charge on any atom is 0.490 e. The van der Waals surface area contributed by atoms with Gasteiger partial charge < -0.3 is 24.5 Å². The molecule has 2 amide bonds. The van der Waals surface area contributed by atoms with E-state index in [0.717, 1.165) is 45.1 Å². The summed E-state index contributed by atoms with van der Waals surface area (Å²) in [5, 5.41) is 10.5. The Labute approximate surface area is 260 Å². The third kappa shape index (κ3) is 6.20. The van der Waals surface area contributed by atoms with Crippen LogP contribution in [0.3, 0.4) is 0 Å². The third-order valence-electron chi connectivity index (χ3n) is 8.44. The number of pyridine rings is 1. The van der Waals surface area contributed by atoms with Crippen molar-refractivity contribution in [2.75, 3.05) is 26.3 Å². The van der Waals surface area contributed by atoms with Gasteiger partial charge in [-0.05, 0) is 37.5 Å². The van der Waals surface area contributed by atoms with Crippen LogP contribution in [0.1, 0.15) is 41.7 Å². The van der Waals surface area contributed by atoms with Gasteiger partial charge in [-0.2, -0.15) is 13.2 Å². The molecule has 6 rings (SSSR count). The first-order valence-electron chi connectivity index (χ1n) is 14.4. The van der Waals surface area contributed by atoms with Crippen LogP contribution < -0.4 is 5.32 Å². The van der Waals surface area contributed by atoms with Gasteiger partial charge >= 0.3 is 18.1 Å². The van der Waals surface area contributed by atoms with Crippen molar-refractivity contribution in [1.29, 1.82) is 0 Å². The zero-order chi connectivity index (χ0) is 32.8. The van der Waals surface area contributed by atoms with Crippen LogP contribution in [-0.2, 0) is 36.9 Å². The van der Waals surface area contributed by atoms with Gasteiger partial charge in [-0.25, -0.2) is 9.59 Å². The van der Waals surface area contributed by atoms with E-state index in [1.165, 1.54) is 16.2 Å². The standard InChI is InChI=1S/C28H32N4O5S.C2HF3O2/c1-5-36-27(35)19-11-21(31(15(19)2)13-16-12-29-8-9-37-16)18-6-7-30-20-10-17(38-24(18)20)14-32-25(33)22-23(26(32)34)28(22,3)4;3-2(4,5)1(6)7/h6-7,10-11,16,22-23,29H,5,8-9,12-14H2,1-4H3;(H,6,7)/t16-,22?,23?;/m0./s1. The number of ether oxygens (including phenoxy) is 2. The number of aliphatic carboxylic acids is 1. The van der Waals surface area contributed by atoms with E-state index in [2.05, 4.69) is 14.9 Å². The predicted octanol–water partition coefficient (Wildman–Crippen LogP) is 4.01. The van der Waals surface area contributed by atoms with Crippen molar-refractivity contribution in [3.05, 3.63) is 40.5 Å². The number of carbonyl (C=O) groups excluding carboxylic acids is 3. The number of imide groups is 1. The van der Waals surface area contributed by atoms with E-state index in [-0.39, 0.29) is 47.7 Å². The summed E-state index contributed by atoms with van der Waals surface area (Å²) < 4.78 is 46.1. The average Bonchev–Trinajstić information content (AvgIpc) is 3.26. The van der Waals surface area contributed by atoms with Gasteiger partial charge in [0.2, 0.25) is 11.8 Å². The summed E-state index contributed by atoms with van der Waals surface area (Å²) in [6.45, 7) is 11.1. The lowest BCUT2D eigenvalue weighted by Gasteiger charge is -2.25. The molecule has 15 heteroatoms. The second-order valence-electron chi connectivity index (χ2n) is 11.7. The first kappa shape index (κ1) is 32.6. The smallest absolute Gasteiger partial charge is 0.475 e. The molecule has 3 aromatic rings. The SMILES string of the molecule is CCOC(=O)c1cc(-c2ccnc3cc(CN4C(=O)C5C(C4=O)C5(C)C)sc23)n(C[C@@H]2CNCCO2)c1C.O=C(O)C(F)(F)F. The number of carbonyl (C=O) groups is 4. The van der Waals surface area contributed by atoms with Crippen LogP contribution in [0.25, 0.3) is 21.5 Å². The number of rotatable bonds is 7. The van der Waals surface area contributed by atoms with Crippen LogP contribution in [0.2, 0.25) is 0 Å². The molecule has 3 fully saturated rings. The number of esters is 1. The van der Waals surface area contributed by atoms with E-state index in [0.29, 0.717) is 25.3 Å². The highest BCUT2D eigenvalue weighted by atomic mass is 32.1. The molecule has 45 heavy (non-hydrogen) atoms. The van der Waals surface area contributed by atoms with Crippen molar-refractivity contribution >= 4 is 45.3 Å². The van der Waals surface area contributed by atoms with Gasteiger partial charge in [-0.1, -0.05) is 13.8 Å². The Morgan fingerprint density at radius 1 is 1.22 bits per heavy atom. The van der Waals surface area contributed by atoms with Crippen molar-refractivity contribution < 1.29 is 46.9 Å². The summed E-state index contributed by atoms with van der Waals surface area (Å²) in [6, 6.07) is 5.80. The number of piperidine rings is 1. The number of hydrogen-bond donors (Lipinski definition) is 2. The first-order valence-corrected chi connectivity index (χ1v) is 15.2. The summed E-state index contributed by atoms with van der Waals surface area (Å²) in [5.41, 5.74) is 3.75. The molecule has 2 unspecified atom stereocenters. The Morgan fingerprint density at radius 3 is 2.47 bits per heavy atom. The Balaban J connectivity index is 0.000000515. The van der Waals surface area contributed by atoms with Crippen LogP contribution in [0.15, 0.2) is 24.4 Å². The van der Waals surface area contributed by atoms with E-state index in [4.69, 9.17) is 19.4 Å². The average molecular weight is 651 g/mol. The topological polar surface area (TPSA) is 140 Å². The summed E-state index contributed by atoms with van der Waals surface area (Å²) in [7, 11) is 0. The molecule has 1 aliphatic carbocycles. The number of thiophene rings is 1. The molecule has 3 aromatic heterocycles. The Kier molecular flexibility index (Phi) is 8.81. The van der Waals surface area contributed by atoms with Crippen molar-refractivity contribution in [2.24, 2.45) is 17.3 Å². The molecule has 0 aromatic carbocycles. The maximum absolute atomic E-state index is 12.9. The monoisotopic (exact) mass is 650 g/mol. The molecule has 11 nitrogen and oxygen atoms in total. The fourth-order valence-corrected chi connectivity index (χ4v) is 7.17. The van der Waals surface area contributed by atoms with Crippen molar-refractivity contribution in [1.82, 2.24) is 19.8 Å². The molecular weight excluding hydrogens is 617 g/mol. The number of hydrogen-bond acceptors (Lipinski definition) is 9. The fourth-order valence-electron chi connectivity index (χ4n) is 6.04. The molecule has 242 valence electrons. The predicted molar refractivity (Wildman–Crippen MR) is 156 cm³/mol. The van der Waals surface area contributed by atoms with Crippen LogP contribution in [0.4, 0.5) is 13.2 Å². The minimum Gasteiger partial charge on any atom is -0.475 e. The highest BCUT2D eigenvalue weighted by molar-refractivity contribution is 7.19. The summed E-state index contributed by atoms with van der Waals surface area (Å²) >= 11 is 1.53. The molecule has 2 saturated heterocycles. The molecular formula is C30H33F3N4O7S. The van der Waals surface area contributed by atoms with E-state index in [1.807, 2.05) is 39.0 Å². The summed E-state index contributed by atoms with van der Waals surface area (Å²) in [6.07, 6.45) is -3.35. The maximum atomic E-state index is 12.9. The molecule has 0 bridgehead atoms. The molecule has 3 aliphatic rings. The van der Waals surface area contributed by atoms with Gasteiger partial charge in [0.15, 0.2) is 0 Å². The lowest BCUT2D eigenvalue weighted by atomic mass is 10.1. The number of carboxylic acids is 1. The van der Waals surface area contributed by atoms with Gasteiger partial charge in [0.25, 0.3) is 0 Å². The van der Waals surface area contributed by atoms with E-state index in [1.54, 1.807) is 13.1 Å². The van der Waals surface area contributed by atoms with Gasteiger partial charge in [0.05, 0.1) is 65.7 Å². The molecule has 2 N–H and O–H groups in total. The Bertz CT molecular complexity index is 1630. The zero-order valence-corrected chi connectivity index (χ0v) is 25.9.